The molecule has 2 aromatic carbocycles. The van der Waals surface area contributed by atoms with Crippen molar-refractivity contribution >= 4 is 15.8 Å². The molecule has 0 saturated carbocycles. The van der Waals surface area contributed by atoms with Gasteiger partial charge >= 0.3 is 5.97 Å². The Morgan fingerprint density at radius 2 is 1.64 bits per heavy atom. The summed E-state index contributed by atoms with van der Waals surface area (Å²) in [6.07, 6.45) is 0.716. The maximum atomic E-state index is 12.5. The van der Waals surface area contributed by atoms with Crippen molar-refractivity contribution in [1.29, 1.82) is 0 Å². The molecule has 114 valence electrons. The molecule has 2 aromatic rings. The number of benzene rings is 2. The van der Waals surface area contributed by atoms with E-state index in [-0.39, 0.29) is 21.8 Å². The molecular formula is C17H16O4S. The van der Waals surface area contributed by atoms with Gasteiger partial charge in [0.05, 0.1) is 9.79 Å². The van der Waals surface area contributed by atoms with Crippen molar-refractivity contribution in [3.05, 3.63) is 72.3 Å². The zero-order chi connectivity index (χ0) is 16.2. The molecular weight excluding hydrogens is 300 g/mol. The highest BCUT2D eigenvalue weighted by Crippen LogP contribution is 2.22. The molecule has 0 saturated heterocycles. The van der Waals surface area contributed by atoms with Crippen LogP contribution in [-0.2, 0) is 21.1 Å². The van der Waals surface area contributed by atoms with Crippen molar-refractivity contribution in [2.75, 3.05) is 0 Å². The van der Waals surface area contributed by atoms with Crippen molar-refractivity contribution in [1.82, 2.24) is 0 Å². The summed E-state index contributed by atoms with van der Waals surface area (Å²) in [4.78, 5) is 11.2. The predicted molar refractivity (Wildman–Crippen MR) is 83.4 cm³/mol. The SMILES string of the molecule is C=C(CCc1cccc(S(=O)(=O)c2ccccc2)c1)C(=O)O. The first-order valence-electron chi connectivity index (χ1n) is 6.71. The van der Waals surface area contributed by atoms with E-state index in [1.807, 2.05) is 0 Å². The molecule has 0 unspecified atom stereocenters. The Labute approximate surface area is 129 Å². The van der Waals surface area contributed by atoms with Crippen molar-refractivity contribution in [3.63, 3.8) is 0 Å². The Balaban J connectivity index is 2.25. The fourth-order valence-corrected chi connectivity index (χ4v) is 3.36. The molecule has 0 spiro atoms. The molecule has 22 heavy (non-hydrogen) atoms. The van der Waals surface area contributed by atoms with Gasteiger partial charge in [-0.3, -0.25) is 0 Å². The van der Waals surface area contributed by atoms with Gasteiger partial charge in [0.15, 0.2) is 0 Å². The summed E-state index contributed by atoms with van der Waals surface area (Å²) >= 11 is 0. The lowest BCUT2D eigenvalue weighted by atomic mass is 10.1. The largest absolute Gasteiger partial charge is 0.478 e. The van der Waals surface area contributed by atoms with Crippen LogP contribution in [0.25, 0.3) is 0 Å². The van der Waals surface area contributed by atoms with Crippen LogP contribution in [0.5, 0.6) is 0 Å². The van der Waals surface area contributed by atoms with Crippen LogP contribution in [0.1, 0.15) is 12.0 Å². The van der Waals surface area contributed by atoms with E-state index in [0.717, 1.165) is 5.56 Å². The number of aryl methyl sites for hydroxylation is 1. The third-order valence-corrected chi connectivity index (χ3v) is 5.05. The first kappa shape index (κ1) is 16.0. The number of rotatable bonds is 6. The van der Waals surface area contributed by atoms with E-state index in [2.05, 4.69) is 6.58 Å². The van der Waals surface area contributed by atoms with Crippen molar-refractivity contribution in [2.24, 2.45) is 0 Å². The Kier molecular flexibility index (Phi) is 4.78. The van der Waals surface area contributed by atoms with E-state index >= 15 is 0 Å². The van der Waals surface area contributed by atoms with Crippen LogP contribution >= 0.6 is 0 Å². The van der Waals surface area contributed by atoms with Gasteiger partial charge in [-0.25, -0.2) is 13.2 Å². The van der Waals surface area contributed by atoms with Gasteiger partial charge in [-0.15, -0.1) is 0 Å². The lowest BCUT2D eigenvalue weighted by Gasteiger charge is -2.07. The lowest BCUT2D eigenvalue weighted by molar-refractivity contribution is -0.132. The molecule has 5 heteroatoms. The van der Waals surface area contributed by atoms with Crippen LogP contribution in [-0.4, -0.2) is 19.5 Å². The minimum Gasteiger partial charge on any atom is -0.478 e. The van der Waals surface area contributed by atoms with Crippen LogP contribution < -0.4 is 0 Å². The van der Waals surface area contributed by atoms with E-state index in [1.165, 1.54) is 6.07 Å². The third-order valence-electron chi connectivity index (χ3n) is 3.28. The van der Waals surface area contributed by atoms with Crippen LogP contribution in [0.15, 0.2) is 76.5 Å². The van der Waals surface area contributed by atoms with E-state index in [0.29, 0.717) is 6.42 Å². The normalized spacial score (nSPS) is 11.1. The number of sulfone groups is 1. The second-order valence-electron chi connectivity index (χ2n) is 4.87. The van der Waals surface area contributed by atoms with E-state index in [9.17, 15) is 13.2 Å². The molecule has 0 heterocycles. The average molecular weight is 316 g/mol. The standard InChI is InChI=1S/C17H16O4S/c1-13(17(18)19)10-11-14-6-5-9-16(12-14)22(20,21)15-7-3-2-4-8-15/h2-9,12H,1,10-11H2,(H,18,19). The van der Waals surface area contributed by atoms with Crippen LogP contribution in [0, 0.1) is 0 Å². The first-order chi connectivity index (χ1) is 10.4. The smallest absolute Gasteiger partial charge is 0.330 e. The summed E-state index contributed by atoms with van der Waals surface area (Å²) < 4.78 is 25.0. The zero-order valence-corrected chi connectivity index (χ0v) is 12.7. The summed E-state index contributed by atoms with van der Waals surface area (Å²) in [6.45, 7) is 3.47. The molecule has 1 N–H and O–H groups in total. The average Bonchev–Trinajstić information content (AvgIpc) is 2.53. The summed E-state index contributed by atoms with van der Waals surface area (Å²) in [7, 11) is -3.56. The monoisotopic (exact) mass is 316 g/mol. The highest BCUT2D eigenvalue weighted by molar-refractivity contribution is 7.91. The Bertz CT molecular complexity index is 792. The molecule has 0 bridgehead atoms. The molecule has 0 aliphatic heterocycles. The van der Waals surface area contributed by atoms with E-state index in [4.69, 9.17) is 5.11 Å². The Morgan fingerprint density at radius 3 is 2.27 bits per heavy atom. The van der Waals surface area contributed by atoms with E-state index < -0.39 is 15.8 Å². The maximum absolute atomic E-state index is 12.5. The second-order valence-corrected chi connectivity index (χ2v) is 6.82. The zero-order valence-electron chi connectivity index (χ0n) is 11.9. The highest BCUT2D eigenvalue weighted by Gasteiger charge is 2.17. The topological polar surface area (TPSA) is 71.4 Å². The first-order valence-corrected chi connectivity index (χ1v) is 8.20. The van der Waals surface area contributed by atoms with Gasteiger partial charge in [0.2, 0.25) is 9.84 Å². The number of carboxylic acids is 1. The van der Waals surface area contributed by atoms with E-state index in [1.54, 1.807) is 48.5 Å². The van der Waals surface area contributed by atoms with Gasteiger partial charge in [0, 0.05) is 5.57 Å². The van der Waals surface area contributed by atoms with Gasteiger partial charge in [-0.1, -0.05) is 36.9 Å². The quantitative estimate of drug-likeness (QED) is 0.831. The molecule has 0 fully saturated rings. The van der Waals surface area contributed by atoms with Gasteiger partial charge in [-0.05, 0) is 42.7 Å². The third kappa shape index (κ3) is 3.62. The van der Waals surface area contributed by atoms with Crippen molar-refractivity contribution < 1.29 is 18.3 Å². The van der Waals surface area contributed by atoms with Crippen molar-refractivity contribution in [2.45, 2.75) is 22.6 Å². The fourth-order valence-electron chi connectivity index (χ4n) is 2.01. The van der Waals surface area contributed by atoms with Crippen LogP contribution in [0.4, 0.5) is 0 Å². The van der Waals surface area contributed by atoms with Crippen LogP contribution in [0.2, 0.25) is 0 Å². The van der Waals surface area contributed by atoms with Gasteiger partial charge in [0.25, 0.3) is 0 Å². The predicted octanol–water partition coefficient (Wildman–Crippen LogP) is 3.09. The molecule has 2 rings (SSSR count). The minimum absolute atomic E-state index is 0.108. The summed E-state index contributed by atoms with van der Waals surface area (Å²) in [5, 5.41) is 8.80. The summed E-state index contributed by atoms with van der Waals surface area (Å²) in [6, 6.07) is 14.8. The second kappa shape index (κ2) is 6.58. The Hall–Kier alpha value is -2.40. The molecule has 0 aliphatic carbocycles. The highest BCUT2D eigenvalue weighted by atomic mass is 32.2. The Morgan fingerprint density at radius 1 is 1.00 bits per heavy atom. The number of hydrogen-bond acceptors (Lipinski definition) is 3. The van der Waals surface area contributed by atoms with Crippen molar-refractivity contribution in [3.8, 4) is 0 Å². The van der Waals surface area contributed by atoms with Crippen LogP contribution in [0.3, 0.4) is 0 Å². The summed E-state index contributed by atoms with van der Waals surface area (Å²) in [5.74, 6) is -1.03. The molecule has 0 aliphatic rings. The van der Waals surface area contributed by atoms with Gasteiger partial charge in [-0.2, -0.15) is 0 Å². The maximum Gasteiger partial charge on any atom is 0.330 e. The molecule has 0 atom stereocenters. The van der Waals surface area contributed by atoms with Gasteiger partial charge in [0.1, 0.15) is 0 Å². The molecule has 0 radical (unpaired) electrons. The molecule has 4 nitrogen and oxygen atoms in total. The number of carbonyl (C=O) groups is 1. The summed E-state index contributed by atoms with van der Waals surface area (Å²) in [5.41, 5.74) is 0.871. The number of hydrogen-bond donors (Lipinski definition) is 1. The lowest BCUT2D eigenvalue weighted by Crippen LogP contribution is -2.03. The number of carboxylic acid groups (broad SMARTS) is 1. The molecule has 0 amide bonds. The minimum atomic E-state index is -3.56. The number of aliphatic carboxylic acids is 1. The fraction of sp³-hybridized carbons (Fsp3) is 0.118. The van der Waals surface area contributed by atoms with Gasteiger partial charge < -0.3 is 5.11 Å². The molecule has 0 aromatic heterocycles.